The zero-order valence-electron chi connectivity index (χ0n) is 21.3. The molecule has 4 fully saturated rings. The van der Waals surface area contributed by atoms with Crippen molar-refractivity contribution in [3.05, 3.63) is 0 Å². The summed E-state index contributed by atoms with van der Waals surface area (Å²) < 4.78 is 68.9. The van der Waals surface area contributed by atoms with E-state index in [1.54, 1.807) is 5.32 Å². The quantitative estimate of drug-likeness (QED) is 0.437. The molecule has 0 aromatic rings. The normalized spacial score (nSPS) is 28.5. The van der Waals surface area contributed by atoms with Gasteiger partial charge in [-0.15, -0.1) is 0 Å². The van der Waals surface area contributed by atoms with Crippen LogP contribution in [0.25, 0.3) is 0 Å². The molecule has 4 amide bonds. The molecule has 9 nitrogen and oxygen atoms in total. The molecule has 0 unspecified atom stereocenters. The number of amides is 4. The second-order valence-corrected chi connectivity index (χ2v) is 11.3. The number of nitriles is 1. The number of fused-ring (bicyclic) bond motifs is 3. The molecule has 3 N–H and O–H groups in total. The Balaban J connectivity index is 1.90. The maximum Gasteiger partial charge on any atom is 0.471 e. The Bertz CT molecular complexity index is 1010. The second kappa shape index (κ2) is 10.6. The number of nitrogens with zero attached hydrogens (tertiary/aromatic N) is 2. The van der Waals surface area contributed by atoms with Gasteiger partial charge in [0.05, 0.1) is 12.0 Å². The van der Waals surface area contributed by atoms with Gasteiger partial charge in [-0.2, -0.15) is 18.4 Å². The lowest BCUT2D eigenvalue weighted by Crippen LogP contribution is -2.71. The molecule has 0 aromatic heterocycles. The van der Waals surface area contributed by atoms with E-state index in [-0.39, 0.29) is 25.2 Å². The summed E-state index contributed by atoms with van der Waals surface area (Å²) in [4.78, 5) is 51.7. The fourth-order valence-corrected chi connectivity index (χ4v) is 5.58. The van der Waals surface area contributed by atoms with Crippen molar-refractivity contribution >= 4 is 23.6 Å². The van der Waals surface area contributed by atoms with E-state index < -0.39 is 77.7 Å². The van der Waals surface area contributed by atoms with Gasteiger partial charge < -0.3 is 20.9 Å². The Labute approximate surface area is 216 Å². The Morgan fingerprint density at radius 1 is 1.16 bits per heavy atom. The smallest absolute Gasteiger partial charge is 0.356 e. The van der Waals surface area contributed by atoms with Crippen LogP contribution < -0.4 is 16.0 Å². The van der Waals surface area contributed by atoms with Crippen molar-refractivity contribution in [2.24, 2.45) is 17.3 Å². The van der Waals surface area contributed by atoms with Gasteiger partial charge >= 0.3 is 12.1 Å². The SMILES string of the molecule is CC(C)(C)[C@H](NC(=O)C(F)(F)F)C(=O)N1[C@@H]2CC[C@H]([C@H]1C(=O)N[C@@H](C#N)C[C@H]1CCCNC1=O)C(F)(F)C2. The topological polar surface area (TPSA) is 131 Å². The molecule has 1 saturated carbocycles. The largest absolute Gasteiger partial charge is 0.471 e. The molecule has 0 radical (unpaired) electrons. The van der Waals surface area contributed by atoms with E-state index in [9.17, 15) is 46.4 Å². The van der Waals surface area contributed by atoms with Crippen LogP contribution in [-0.2, 0) is 19.2 Å². The third-order valence-corrected chi connectivity index (χ3v) is 7.50. The van der Waals surface area contributed by atoms with Crippen molar-refractivity contribution in [2.45, 2.75) is 95.6 Å². The van der Waals surface area contributed by atoms with Crippen LogP contribution >= 0.6 is 0 Å². The summed E-state index contributed by atoms with van der Waals surface area (Å²) in [7, 11) is 0. The highest BCUT2D eigenvalue weighted by atomic mass is 19.4. The molecular weight excluding hydrogens is 517 g/mol. The van der Waals surface area contributed by atoms with Gasteiger partial charge in [0.1, 0.15) is 18.1 Å². The molecule has 4 rings (SSSR count). The first-order valence-electron chi connectivity index (χ1n) is 12.5. The van der Waals surface area contributed by atoms with E-state index >= 15 is 0 Å². The van der Waals surface area contributed by atoms with Crippen molar-refractivity contribution in [2.75, 3.05) is 6.54 Å². The Hall–Kier alpha value is -2.98. The molecule has 1 aliphatic carbocycles. The van der Waals surface area contributed by atoms with E-state index in [2.05, 4.69) is 10.6 Å². The maximum atomic E-state index is 14.9. The summed E-state index contributed by atoms with van der Waals surface area (Å²) in [5, 5.41) is 16.3. The summed E-state index contributed by atoms with van der Waals surface area (Å²) in [5.41, 5.74) is -1.26. The third-order valence-electron chi connectivity index (χ3n) is 7.50. The Morgan fingerprint density at radius 3 is 2.34 bits per heavy atom. The van der Waals surface area contributed by atoms with Crippen LogP contribution in [0.1, 0.15) is 59.3 Å². The minimum absolute atomic E-state index is 0.0640. The van der Waals surface area contributed by atoms with Gasteiger partial charge in [0.15, 0.2) is 0 Å². The summed E-state index contributed by atoms with van der Waals surface area (Å²) in [6.07, 6.45) is -5.00. The van der Waals surface area contributed by atoms with Gasteiger partial charge in [0.2, 0.25) is 17.7 Å². The van der Waals surface area contributed by atoms with Crippen molar-refractivity contribution in [3.8, 4) is 6.07 Å². The molecule has 3 heterocycles. The molecule has 0 spiro atoms. The molecule has 0 aromatic carbocycles. The molecule has 4 aliphatic rings. The van der Waals surface area contributed by atoms with Crippen LogP contribution in [0.15, 0.2) is 0 Å². The van der Waals surface area contributed by atoms with Crippen LogP contribution in [0, 0.1) is 28.6 Å². The van der Waals surface area contributed by atoms with Crippen molar-refractivity contribution in [1.29, 1.82) is 5.26 Å². The third kappa shape index (κ3) is 6.18. The maximum absolute atomic E-state index is 14.9. The van der Waals surface area contributed by atoms with Crippen LogP contribution in [0.3, 0.4) is 0 Å². The van der Waals surface area contributed by atoms with Crippen LogP contribution in [-0.4, -0.2) is 71.3 Å². The van der Waals surface area contributed by atoms with E-state index in [0.717, 1.165) is 4.90 Å². The van der Waals surface area contributed by atoms with Crippen LogP contribution in [0.5, 0.6) is 0 Å². The zero-order valence-corrected chi connectivity index (χ0v) is 21.3. The number of rotatable bonds is 6. The molecule has 212 valence electrons. The van der Waals surface area contributed by atoms with Crippen LogP contribution in [0.2, 0.25) is 0 Å². The lowest BCUT2D eigenvalue weighted by Gasteiger charge is -2.55. The van der Waals surface area contributed by atoms with E-state index in [1.807, 2.05) is 6.07 Å². The summed E-state index contributed by atoms with van der Waals surface area (Å²) in [6.45, 7) is 4.69. The molecule has 6 atom stereocenters. The number of hydrogen-bond acceptors (Lipinski definition) is 5. The fraction of sp³-hybridized carbons (Fsp3) is 0.792. The minimum Gasteiger partial charge on any atom is -0.356 e. The van der Waals surface area contributed by atoms with E-state index in [0.29, 0.717) is 19.4 Å². The van der Waals surface area contributed by atoms with Gasteiger partial charge in [-0.25, -0.2) is 8.78 Å². The lowest BCUT2D eigenvalue weighted by atomic mass is 9.70. The molecule has 14 heteroatoms. The second-order valence-electron chi connectivity index (χ2n) is 11.3. The van der Waals surface area contributed by atoms with Crippen molar-refractivity contribution < 1.29 is 41.1 Å². The number of alkyl halides is 5. The standard InChI is InChI=1S/C24H32F5N5O4/c1-22(2,3)17(33-21(38)24(27,28)29)20(37)34-14-6-7-15(23(25,26)10-14)16(34)19(36)32-13(11-30)9-12-5-4-8-31-18(12)35/h12-17H,4-10H2,1-3H3,(H,31,35)(H,32,36)(H,33,38)/t12-,13-,14-,15-,16+,17-/m1/s1. The highest BCUT2D eigenvalue weighted by Gasteiger charge is 2.61. The molecule has 2 bridgehead atoms. The molecule has 38 heavy (non-hydrogen) atoms. The van der Waals surface area contributed by atoms with E-state index in [4.69, 9.17) is 0 Å². The Morgan fingerprint density at radius 2 is 1.82 bits per heavy atom. The first kappa shape index (κ1) is 29.6. The summed E-state index contributed by atoms with van der Waals surface area (Å²) >= 11 is 0. The van der Waals surface area contributed by atoms with Gasteiger partial charge in [0, 0.05) is 24.9 Å². The van der Waals surface area contributed by atoms with Gasteiger partial charge in [-0.05, 0) is 37.5 Å². The number of hydrogen-bond donors (Lipinski definition) is 3. The highest BCUT2D eigenvalue weighted by molar-refractivity contribution is 5.94. The zero-order chi connectivity index (χ0) is 28.6. The van der Waals surface area contributed by atoms with E-state index in [1.165, 1.54) is 20.8 Å². The minimum atomic E-state index is -5.29. The summed E-state index contributed by atoms with van der Waals surface area (Å²) in [6, 6.07) is -4.06. The van der Waals surface area contributed by atoms with Crippen molar-refractivity contribution in [3.63, 3.8) is 0 Å². The first-order valence-corrected chi connectivity index (χ1v) is 12.5. The monoisotopic (exact) mass is 549 g/mol. The predicted octanol–water partition coefficient (Wildman–Crippen LogP) is 2.02. The average molecular weight is 550 g/mol. The molecule has 3 saturated heterocycles. The highest BCUT2D eigenvalue weighted by Crippen LogP contribution is 2.49. The van der Waals surface area contributed by atoms with Gasteiger partial charge in [0.25, 0.3) is 5.92 Å². The number of nitrogens with one attached hydrogen (secondary N) is 3. The molecule has 3 aliphatic heterocycles. The number of carbonyl (C=O) groups excluding carboxylic acids is 4. The Kier molecular flexibility index (Phi) is 8.29. The first-order chi connectivity index (χ1) is 17.5. The number of piperidine rings is 3. The molecular formula is C24H32F5N5O4. The number of halogens is 5. The summed E-state index contributed by atoms with van der Waals surface area (Å²) in [5.74, 6) is -10.3. The van der Waals surface area contributed by atoms with Gasteiger partial charge in [-0.3, -0.25) is 19.2 Å². The average Bonchev–Trinajstić information content (AvgIpc) is 2.80. The van der Waals surface area contributed by atoms with Gasteiger partial charge in [-0.1, -0.05) is 20.8 Å². The van der Waals surface area contributed by atoms with Crippen LogP contribution in [0.4, 0.5) is 22.0 Å². The fourth-order valence-electron chi connectivity index (χ4n) is 5.58. The lowest BCUT2D eigenvalue weighted by molar-refractivity contribution is -0.197. The van der Waals surface area contributed by atoms with Crippen molar-refractivity contribution in [1.82, 2.24) is 20.9 Å². The number of carbonyl (C=O) groups is 4. The predicted molar refractivity (Wildman–Crippen MR) is 122 cm³/mol.